The molecule has 5 nitrogen and oxygen atoms in total. The maximum atomic E-state index is 11.6. The second kappa shape index (κ2) is 4.76. The van der Waals surface area contributed by atoms with Crippen LogP contribution in [0.4, 0.5) is 10.5 Å². The van der Waals surface area contributed by atoms with Gasteiger partial charge in [-0.05, 0) is 32.9 Å². The Morgan fingerprint density at radius 1 is 1.37 bits per heavy atom. The second-order valence-electron chi connectivity index (χ2n) is 5.20. The number of aromatic hydroxyl groups is 1. The third kappa shape index (κ3) is 3.34. The minimum atomic E-state index is -0.549. The first-order valence-electron chi connectivity index (χ1n) is 5.93. The predicted molar refractivity (Wildman–Crippen MR) is 73.3 cm³/mol. The maximum absolute atomic E-state index is 11.6. The number of carbonyl (C=O) groups excluding carboxylic acids is 1. The lowest BCUT2D eigenvalue weighted by atomic mass is 10.2. The van der Waals surface area contributed by atoms with Gasteiger partial charge in [0.1, 0.15) is 16.9 Å². The van der Waals surface area contributed by atoms with Crippen molar-refractivity contribution in [2.75, 3.05) is 5.32 Å². The van der Waals surface area contributed by atoms with E-state index in [0.717, 1.165) is 5.39 Å². The molecule has 2 N–H and O–H groups in total. The second-order valence-corrected chi connectivity index (χ2v) is 5.20. The number of carbonyl (C=O) groups is 1. The molecule has 2 rings (SSSR count). The van der Waals surface area contributed by atoms with Crippen molar-refractivity contribution >= 4 is 22.7 Å². The summed E-state index contributed by atoms with van der Waals surface area (Å²) >= 11 is 0. The van der Waals surface area contributed by atoms with E-state index in [1.807, 2.05) is 6.07 Å². The fraction of sp³-hybridized carbons (Fsp3) is 0.286. The normalized spacial score (nSPS) is 11.3. The Morgan fingerprint density at radius 2 is 2.11 bits per heavy atom. The molecule has 5 heteroatoms. The summed E-state index contributed by atoms with van der Waals surface area (Å²) in [5.41, 5.74) is 0.469. The Bertz CT molecular complexity index is 618. The van der Waals surface area contributed by atoms with Gasteiger partial charge in [-0.1, -0.05) is 12.1 Å². The third-order valence-electron chi connectivity index (χ3n) is 2.33. The number of benzene rings is 1. The molecule has 1 aromatic heterocycles. The van der Waals surface area contributed by atoms with Gasteiger partial charge in [0.25, 0.3) is 0 Å². The minimum absolute atomic E-state index is 0.112. The summed E-state index contributed by atoms with van der Waals surface area (Å²) in [6.07, 6.45) is 0.945. The van der Waals surface area contributed by atoms with Gasteiger partial charge in [0.2, 0.25) is 0 Å². The number of phenols is 1. The molecule has 1 heterocycles. The van der Waals surface area contributed by atoms with Gasteiger partial charge in [0.15, 0.2) is 0 Å². The molecule has 0 spiro atoms. The lowest BCUT2D eigenvalue weighted by molar-refractivity contribution is 0.0636. The van der Waals surface area contributed by atoms with Gasteiger partial charge < -0.3 is 9.84 Å². The summed E-state index contributed by atoms with van der Waals surface area (Å²) < 4.78 is 5.15. The van der Waals surface area contributed by atoms with E-state index in [1.54, 1.807) is 39.0 Å². The van der Waals surface area contributed by atoms with Crippen LogP contribution in [0.2, 0.25) is 0 Å². The van der Waals surface area contributed by atoms with Gasteiger partial charge in [0, 0.05) is 5.39 Å². The van der Waals surface area contributed by atoms with Gasteiger partial charge in [-0.15, -0.1) is 0 Å². The van der Waals surface area contributed by atoms with E-state index in [-0.39, 0.29) is 5.75 Å². The molecule has 1 amide bonds. The molecular weight excluding hydrogens is 244 g/mol. The summed E-state index contributed by atoms with van der Waals surface area (Å²) in [5.74, 6) is 0.112. The van der Waals surface area contributed by atoms with Crippen LogP contribution in [-0.2, 0) is 4.74 Å². The molecule has 2 aromatic rings. The molecule has 0 unspecified atom stereocenters. The highest BCUT2D eigenvalue weighted by Gasteiger charge is 2.16. The van der Waals surface area contributed by atoms with E-state index in [2.05, 4.69) is 10.3 Å². The highest BCUT2D eigenvalue weighted by atomic mass is 16.6. The topological polar surface area (TPSA) is 71.5 Å². The van der Waals surface area contributed by atoms with Crippen molar-refractivity contribution in [3.05, 3.63) is 30.5 Å². The van der Waals surface area contributed by atoms with E-state index in [9.17, 15) is 9.90 Å². The number of hydrogen-bond acceptors (Lipinski definition) is 4. The molecule has 0 saturated heterocycles. The van der Waals surface area contributed by atoms with Crippen molar-refractivity contribution in [3.63, 3.8) is 0 Å². The summed E-state index contributed by atoms with van der Waals surface area (Å²) in [7, 11) is 0. The van der Waals surface area contributed by atoms with E-state index < -0.39 is 11.7 Å². The molecule has 0 aliphatic heterocycles. The number of aromatic nitrogens is 1. The molecule has 0 aliphatic rings. The number of nitrogens with one attached hydrogen (secondary N) is 1. The first-order valence-corrected chi connectivity index (χ1v) is 5.93. The van der Waals surface area contributed by atoms with Gasteiger partial charge in [-0.3, -0.25) is 10.3 Å². The van der Waals surface area contributed by atoms with Crippen LogP contribution >= 0.6 is 0 Å². The zero-order valence-electron chi connectivity index (χ0n) is 11.1. The molecule has 0 bridgehead atoms. The number of ether oxygens (including phenoxy) is 1. The van der Waals surface area contributed by atoms with Gasteiger partial charge in [-0.25, -0.2) is 4.79 Å². The van der Waals surface area contributed by atoms with Crippen molar-refractivity contribution in [3.8, 4) is 5.75 Å². The fourth-order valence-corrected chi connectivity index (χ4v) is 1.63. The number of fused-ring (bicyclic) bond motifs is 1. The van der Waals surface area contributed by atoms with Gasteiger partial charge >= 0.3 is 6.09 Å². The highest BCUT2D eigenvalue weighted by Crippen LogP contribution is 2.24. The number of amides is 1. The van der Waals surface area contributed by atoms with Gasteiger partial charge in [0.05, 0.1) is 11.9 Å². The van der Waals surface area contributed by atoms with Gasteiger partial charge in [-0.2, -0.15) is 0 Å². The fourth-order valence-electron chi connectivity index (χ4n) is 1.63. The summed E-state index contributed by atoms with van der Waals surface area (Å²) in [6, 6.07) is 6.82. The average Bonchev–Trinajstić information content (AvgIpc) is 2.26. The zero-order valence-corrected chi connectivity index (χ0v) is 11.1. The number of hydrogen-bond donors (Lipinski definition) is 2. The van der Waals surface area contributed by atoms with E-state index in [4.69, 9.17) is 4.74 Å². The largest absolute Gasteiger partial charge is 0.506 e. The Hall–Kier alpha value is -2.30. The van der Waals surface area contributed by atoms with Crippen LogP contribution in [0.15, 0.2) is 30.5 Å². The third-order valence-corrected chi connectivity index (χ3v) is 2.33. The average molecular weight is 260 g/mol. The molecule has 1 aromatic carbocycles. The van der Waals surface area contributed by atoms with E-state index in [1.165, 1.54) is 6.20 Å². The molecule has 0 radical (unpaired) electrons. The summed E-state index contributed by atoms with van der Waals surface area (Å²) in [5, 5.41) is 13.0. The van der Waals surface area contributed by atoms with Crippen molar-refractivity contribution in [1.29, 1.82) is 0 Å². The van der Waals surface area contributed by atoms with Crippen LogP contribution in [-0.4, -0.2) is 21.8 Å². The summed E-state index contributed by atoms with van der Waals surface area (Å²) in [6.45, 7) is 5.38. The molecular formula is C14H16N2O3. The maximum Gasteiger partial charge on any atom is 0.412 e. The molecule has 0 aliphatic carbocycles. The minimum Gasteiger partial charge on any atom is -0.506 e. The Morgan fingerprint density at radius 3 is 2.79 bits per heavy atom. The van der Waals surface area contributed by atoms with Crippen LogP contribution in [0.5, 0.6) is 5.75 Å². The Kier molecular flexibility index (Phi) is 3.29. The molecule has 0 saturated carbocycles. The summed E-state index contributed by atoms with van der Waals surface area (Å²) in [4.78, 5) is 15.7. The van der Waals surface area contributed by atoms with Crippen molar-refractivity contribution in [2.45, 2.75) is 26.4 Å². The Balaban J connectivity index is 2.20. The van der Waals surface area contributed by atoms with E-state index >= 15 is 0 Å². The number of rotatable bonds is 1. The van der Waals surface area contributed by atoms with Crippen LogP contribution in [0.25, 0.3) is 10.9 Å². The monoisotopic (exact) mass is 260 g/mol. The van der Waals surface area contributed by atoms with Crippen LogP contribution in [0.3, 0.4) is 0 Å². The highest BCUT2D eigenvalue weighted by molar-refractivity contribution is 5.91. The van der Waals surface area contributed by atoms with Crippen LogP contribution in [0, 0.1) is 0 Å². The first-order chi connectivity index (χ1) is 8.85. The van der Waals surface area contributed by atoms with Crippen LogP contribution in [0.1, 0.15) is 20.8 Å². The smallest absolute Gasteiger partial charge is 0.412 e. The molecule has 100 valence electrons. The molecule has 0 fully saturated rings. The molecule has 19 heavy (non-hydrogen) atoms. The lowest BCUT2D eigenvalue weighted by Gasteiger charge is -2.19. The standard InChI is InChI=1S/C14H16N2O3/c1-14(2,3)19-13(18)16-10-7-9-5-4-6-11(17)12(9)15-8-10/h4-8,17H,1-3H3,(H,16,18). The van der Waals surface area contributed by atoms with Crippen LogP contribution < -0.4 is 5.32 Å². The lowest BCUT2D eigenvalue weighted by Crippen LogP contribution is -2.27. The van der Waals surface area contributed by atoms with Crippen molar-refractivity contribution in [2.24, 2.45) is 0 Å². The van der Waals surface area contributed by atoms with Crippen molar-refractivity contribution in [1.82, 2.24) is 4.98 Å². The molecule has 0 atom stereocenters. The number of anilines is 1. The predicted octanol–water partition coefficient (Wildman–Crippen LogP) is 3.29. The number of para-hydroxylation sites is 1. The van der Waals surface area contributed by atoms with E-state index in [0.29, 0.717) is 11.2 Å². The SMILES string of the molecule is CC(C)(C)OC(=O)Nc1cnc2c(O)cccc2c1. The number of nitrogens with zero attached hydrogens (tertiary/aromatic N) is 1. The number of pyridine rings is 1. The first kappa shape index (κ1) is 13.1. The number of phenolic OH excluding ortho intramolecular Hbond substituents is 1. The Labute approximate surface area is 111 Å². The zero-order chi connectivity index (χ0) is 14.0. The quantitative estimate of drug-likeness (QED) is 0.825. The van der Waals surface area contributed by atoms with Crippen molar-refractivity contribution < 1.29 is 14.6 Å².